The summed E-state index contributed by atoms with van der Waals surface area (Å²) < 4.78 is 4.76. The number of hydrogen-bond acceptors (Lipinski definition) is 1. The van der Waals surface area contributed by atoms with Gasteiger partial charge in [0, 0.05) is 32.8 Å². The number of benzene rings is 10. The van der Waals surface area contributed by atoms with E-state index in [0.29, 0.717) is 0 Å². The van der Waals surface area contributed by atoms with Crippen molar-refractivity contribution in [3.05, 3.63) is 237 Å². The maximum absolute atomic E-state index is 5.53. The van der Waals surface area contributed by atoms with Crippen molar-refractivity contribution in [3.63, 3.8) is 0 Å². The minimum Gasteiger partial charge on any atom is -0.309 e. The molecular formula is C61H39N3. The Bertz CT molecular complexity index is 3740. The van der Waals surface area contributed by atoms with Gasteiger partial charge in [-0.2, -0.15) is 0 Å². The Kier molecular flexibility index (Phi) is 8.22. The molecule has 13 rings (SSSR count). The Morgan fingerprint density at radius 2 is 0.828 bits per heavy atom. The van der Waals surface area contributed by atoms with Crippen LogP contribution in [0.4, 0.5) is 0 Å². The Hall–Kier alpha value is -8.53. The Labute approximate surface area is 370 Å². The van der Waals surface area contributed by atoms with Crippen LogP contribution in [0.5, 0.6) is 0 Å². The van der Waals surface area contributed by atoms with Gasteiger partial charge in [-0.3, -0.25) is 4.57 Å². The zero-order valence-corrected chi connectivity index (χ0v) is 34.9. The third-order valence-electron chi connectivity index (χ3n) is 13.1. The van der Waals surface area contributed by atoms with Gasteiger partial charge in [0.25, 0.3) is 0 Å². The molecule has 0 amide bonds. The molecule has 0 bridgehead atoms. The second-order valence-electron chi connectivity index (χ2n) is 16.7. The summed E-state index contributed by atoms with van der Waals surface area (Å²) in [6, 6.07) is 85.7. The van der Waals surface area contributed by atoms with E-state index in [-0.39, 0.29) is 0 Å². The summed E-state index contributed by atoms with van der Waals surface area (Å²) in [5.74, 6) is 0.889. The van der Waals surface area contributed by atoms with Crippen molar-refractivity contribution in [2.24, 2.45) is 0 Å². The van der Waals surface area contributed by atoms with E-state index in [9.17, 15) is 0 Å². The average Bonchev–Trinajstić information content (AvgIpc) is 3.90. The maximum Gasteiger partial charge on any atom is 0.138 e. The lowest BCUT2D eigenvalue weighted by Crippen LogP contribution is -2.00. The second-order valence-corrected chi connectivity index (χ2v) is 16.7. The molecule has 0 unspecified atom stereocenters. The summed E-state index contributed by atoms with van der Waals surface area (Å²) >= 11 is 0. The van der Waals surface area contributed by atoms with Gasteiger partial charge in [0.05, 0.1) is 27.8 Å². The highest BCUT2D eigenvalue weighted by Gasteiger charge is 2.22. The minimum atomic E-state index is 0.889. The van der Waals surface area contributed by atoms with Gasteiger partial charge in [0.1, 0.15) is 5.82 Å². The van der Waals surface area contributed by atoms with Crippen LogP contribution in [0.25, 0.3) is 122 Å². The largest absolute Gasteiger partial charge is 0.309 e. The molecule has 0 saturated carbocycles. The molecule has 0 saturated heterocycles. The van der Waals surface area contributed by atoms with Gasteiger partial charge in [-0.05, 0) is 110 Å². The Morgan fingerprint density at radius 3 is 1.55 bits per heavy atom. The minimum absolute atomic E-state index is 0.889. The van der Waals surface area contributed by atoms with Crippen LogP contribution in [0, 0.1) is 0 Å². The maximum atomic E-state index is 5.53. The van der Waals surface area contributed by atoms with E-state index >= 15 is 0 Å². The predicted molar refractivity (Wildman–Crippen MR) is 269 cm³/mol. The highest BCUT2D eigenvalue weighted by Crippen LogP contribution is 2.44. The van der Waals surface area contributed by atoms with Crippen LogP contribution < -0.4 is 0 Å². The van der Waals surface area contributed by atoms with Crippen LogP contribution in [0.2, 0.25) is 0 Å². The predicted octanol–water partition coefficient (Wildman–Crippen LogP) is 16.2. The fourth-order valence-electron chi connectivity index (χ4n) is 10.1. The van der Waals surface area contributed by atoms with Gasteiger partial charge >= 0.3 is 0 Å². The van der Waals surface area contributed by atoms with Crippen LogP contribution in [-0.4, -0.2) is 14.1 Å². The van der Waals surface area contributed by atoms with Crippen molar-refractivity contribution in [3.8, 4) is 67.3 Å². The first-order valence-corrected chi connectivity index (χ1v) is 21.9. The van der Waals surface area contributed by atoms with Gasteiger partial charge in [0.15, 0.2) is 0 Å². The smallest absolute Gasteiger partial charge is 0.138 e. The fourth-order valence-corrected chi connectivity index (χ4v) is 10.1. The summed E-state index contributed by atoms with van der Waals surface area (Å²) in [4.78, 5) is 5.53. The van der Waals surface area contributed by atoms with Crippen molar-refractivity contribution in [1.82, 2.24) is 14.1 Å². The van der Waals surface area contributed by atoms with Gasteiger partial charge in [0.2, 0.25) is 0 Å². The molecule has 3 heteroatoms. The van der Waals surface area contributed by atoms with Crippen molar-refractivity contribution in [2.45, 2.75) is 0 Å². The van der Waals surface area contributed by atoms with Gasteiger partial charge in [-0.1, -0.05) is 182 Å². The summed E-state index contributed by atoms with van der Waals surface area (Å²) in [6.07, 6.45) is 0. The molecule has 0 N–H and O–H groups in total. The Morgan fingerprint density at radius 1 is 0.281 bits per heavy atom. The first kappa shape index (κ1) is 36.2. The third kappa shape index (κ3) is 5.79. The van der Waals surface area contributed by atoms with Crippen LogP contribution in [0.3, 0.4) is 0 Å². The van der Waals surface area contributed by atoms with Crippen LogP contribution in [0.1, 0.15) is 0 Å². The molecule has 64 heavy (non-hydrogen) atoms. The van der Waals surface area contributed by atoms with Crippen LogP contribution in [0.15, 0.2) is 237 Å². The van der Waals surface area contributed by atoms with Crippen molar-refractivity contribution in [1.29, 1.82) is 0 Å². The van der Waals surface area contributed by atoms with Gasteiger partial charge in [-0.25, -0.2) is 4.98 Å². The molecule has 0 aliphatic carbocycles. The fraction of sp³-hybridized carbons (Fsp3) is 0. The number of hydrogen-bond donors (Lipinski definition) is 0. The molecule has 3 heterocycles. The van der Waals surface area contributed by atoms with E-state index in [2.05, 4.69) is 246 Å². The molecule has 298 valence electrons. The quantitative estimate of drug-likeness (QED) is 0.147. The topological polar surface area (TPSA) is 22.8 Å². The number of pyridine rings is 1. The normalized spacial score (nSPS) is 11.8. The van der Waals surface area contributed by atoms with Crippen molar-refractivity contribution >= 4 is 54.4 Å². The van der Waals surface area contributed by atoms with E-state index in [1.165, 1.54) is 76.7 Å². The number of rotatable bonds is 7. The zero-order valence-electron chi connectivity index (χ0n) is 34.9. The number of fused-ring (bicyclic) bond motifs is 3. The highest BCUT2D eigenvalue weighted by atomic mass is 15.1. The van der Waals surface area contributed by atoms with Gasteiger partial charge < -0.3 is 4.57 Å². The molecule has 3 aromatic heterocycles. The van der Waals surface area contributed by atoms with E-state index in [0.717, 1.165) is 44.9 Å². The Balaban J connectivity index is 0.999. The van der Waals surface area contributed by atoms with Crippen molar-refractivity contribution < 1.29 is 0 Å². The lowest BCUT2D eigenvalue weighted by Gasteiger charge is -2.14. The lowest BCUT2D eigenvalue weighted by molar-refractivity contribution is 1.08. The monoisotopic (exact) mass is 813 g/mol. The molecule has 3 nitrogen and oxygen atoms in total. The van der Waals surface area contributed by atoms with Crippen molar-refractivity contribution in [2.75, 3.05) is 0 Å². The molecule has 13 aromatic rings. The second kappa shape index (κ2) is 14.5. The molecule has 0 spiro atoms. The number of aromatic nitrogens is 3. The molecule has 0 aliphatic heterocycles. The summed E-state index contributed by atoms with van der Waals surface area (Å²) in [6.45, 7) is 0. The molecule has 0 radical (unpaired) electrons. The first-order chi connectivity index (χ1) is 31.7. The lowest BCUT2D eigenvalue weighted by atomic mass is 9.94. The summed E-state index contributed by atoms with van der Waals surface area (Å²) in [5, 5.41) is 7.46. The SMILES string of the molecule is c1ccc(-c2ccc(-c3cc(-c4ccc(-c5ccccc5)cc4)nc(-n4c5cccc6ccc7c(-c8ccc9c(c8)c8ccccc8n9-c8ccccc8)ccc4c7c65)c3)cc2)cc1. The summed E-state index contributed by atoms with van der Waals surface area (Å²) in [7, 11) is 0. The molecular weight excluding hydrogens is 775 g/mol. The molecule has 10 aromatic carbocycles. The van der Waals surface area contributed by atoms with E-state index in [1.807, 2.05) is 0 Å². The highest BCUT2D eigenvalue weighted by molar-refractivity contribution is 6.27. The van der Waals surface area contributed by atoms with Crippen LogP contribution in [-0.2, 0) is 0 Å². The van der Waals surface area contributed by atoms with Gasteiger partial charge in [-0.15, -0.1) is 0 Å². The molecule has 0 fully saturated rings. The average molecular weight is 814 g/mol. The first-order valence-electron chi connectivity index (χ1n) is 21.9. The van der Waals surface area contributed by atoms with E-state index in [1.54, 1.807) is 0 Å². The van der Waals surface area contributed by atoms with E-state index < -0.39 is 0 Å². The van der Waals surface area contributed by atoms with Crippen LogP contribution >= 0.6 is 0 Å². The molecule has 0 atom stereocenters. The molecule has 0 aliphatic rings. The standard InChI is InChI=1S/C61H39N3/c1-4-13-40(14-5-1)42-23-25-44(26-24-42)48-38-54(45-29-27-43(28-30-45)41-15-6-2-7-16-41)62-59(39-48)64-57-22-12-17-46-31-33-52-50(34-36-58(64)61(52)60(46)57)47-32-35-56-53(37-47)51-20-10-11-21-55(51)63(56)49-18-8-3-9-19-49/h1-39H. The number of para-hydroxylation sites is 2. The van der Waals surface area contributed by atoms with E-state index in [4.69, 9.17) is 4.98 Å². The zero-order chi connectivity index (χ0) is 42.1. The summed E-state index contributed by atoms with van der Waals surface area (Å²) in [5.41, 5.74) is 17.3. The number of nitrogens with zero attached hydrogens (tertiary/aromatic N) is 3. The third-order valence-corrected chi connectivity index (χ3v) is 13.1.